The van der Waals surface area contributed by atoms with Crippen molar-refractivity contribution in [3.05, 3.63) is 42.2 Å². The number of aromatic nitrogens is 1. The van der Waals surface area contributed by atoms with Gasteiger partial charge in [0, 0.05) is 12.4 Å². The van der Waals surface area contributed by atoms with Crippen LogP contribution in [0.4, 0.5) is 0 Å². The van der Waals surface area contributed by atoms with Gasteiger partial charge in [-0.3, -0.25) is 9.78 Å². The van der Waals surface area contributed by atoms with Gasteiger partial charge in [0.05, 0.1) is 11.6 Å². The molecule has 0 aliphatic rings. The highest BCUT2D eigenvalue weighted by molar-refractivity contribution is 5.94. The zero-order valence-corrected chi connectivity index (χ0v) is 8.34. The molecule has 1 heterocycles. The molecule has 0 bridgehead atoms. The van der Waals surface area contributed by atoms with Gasteiger partial charge in [-0.1, -0.05) is 12.2 Å². The zero-order valence-electron chi connectivity index (χ0n) is 8.34. The molecule has 0 saturated heterocycles. The van der Waals surface area contributed by atoms with E-state index in [0.717, 1.165) is 0 Å². The first-order valence-electron chi connectivity index (χ1n) is 4.51. The molecule has 0 spiro atoms. The summed E-state index contributed by atoms with van der Waals surface area (Å²) in [7, 11) is 0. The second-order valence-corrected chi connectivity index (χ2v) is 2.85. The summed E-state index contributed by atoms with van der Waals surface area (Å²) in [5.41, 5.74) is 0.447. The lowest BCUT2D eigenvalue weighted by atomic mass is 10.2. The van der Waals surface area contributed by atoms with Crippen LogP contribution in [-0.2, 0) is 0 Å². The van der Waals surface area contributed by atoms with Crippen LogP contribution in [0.1, 0.15) is 17.3 Å². The van der Waals surface area contributed by atoms with Gasteiger partial charge in [-0.05, 0) is 19.1 Å². The molecule has 0 aromatic carbocycles. The van der Waals surface area contributed by atoms with Gasteiger partial charge in [-0.25, -0.2) is 0 Å². The maximum atomic E-state index is 11.6. The molecule has 4 heteroatoms. The van der Waals surface area contributed by atoms with Gasteiger partial charge >= 0.3 is 0 Å². The number of allylic oxidation sites excluding steroid dienone is 1. The molecule has 0 radical (unpaired) electrons. The predicted molar refractivity (Wildman–Crippen MR) is 55.9 cm³/mol. The van der Waals surface area contributed by atoms with Crippen molar-refractivity contribution in [1.29, 1.82) is 5.26 Å². The maximum absolute atomic E-state index is 11.6. The van der Waals surface area contributed by atoms with Crippen molar-refractivity contribution in [1.82, 2.24) is 10.3 Å². The molecule has 1 amide bonds. The van der Waals surface area contributed by atoms with Crippen molar-refractivity contribution in [2.24, 2.45) is 0 Å². The average molecular weight is 201 g/mol. The molecule has 1 aromatic heterocycles. The zero-order chi connectivity index (χ0) is 11.1. The number of hydrogen-bond donors (Lipinski definition) is 1. The van der Waals surface area contributed by atoms with Crippen molar-refractivity contribution >= 4 is 5.91 Å². The van der Waals surface area contributed by atoms with Crippen molar-refractivity contribution in [2.75, 3.05) is 0 Å². The lowest BCUT2D eigenvalue weighted by molar-refractivity contribution is 0.0950. The monoisotopic (exact) mass is 201 g/mol. The first-order valence-corrected chi connectivity index (χ1v) is 4.51. The molecule has 4 nitrogen and oxygen atoms in total. The summed E-state index contributed by atoms with van der Waals surface area (Å²) in [6.45, 7) is 1.79. The summed E-state index contributed by atoms with van der Waals surface area (Å²) >= 11 is 0. The summed E-state index contributed by atoms with van der Waals surface area (Å²) in [5, 5.41) is 11.3. The number of rotatable bonds is 3. The van der Waals surface area contributed by atoms with E-state index in [1.165, 1.54) is 6.20 Å². The largest absolute Gasteiger partial charge is 0.333 e. The minimum atomic E-state index is -0.595. The van der Waals surface area contributed by atoms with Gasteiger partial charge in [0.15, 0.2) is 0 Å². The third-order valence-electron chi connectivity index (χ3n) is 1.73. The standard InChI is InChI=1S/C11H11N3O/c1-2-4-10(7-12)14-11(15)9-5-3-6-13-8-9/h2-6,8,10H,1H3,(H,14,15)/b4-2+. The molecular weight excluding hydrogens is 190 g/mol. The SMILES string of the molecule is C/C=C/C(C#N)NC(=O)c1cccnc1. The van der Waals surface area contributed by atoms with Crippen LogP contribution in [0.3, 0.4) is 0 Å². The van der Waals surface area contributed by atoms with E-state index in [-0.39, 0.29) is 5.91 Å². The second kappa shape index (κ2) is 5.55. The van der Waals surface area contributed by atoms with Crippen LogP contribution in [0.25, 0.3) is 0 Å². The molecule has 1 atom stereocenters. The highest BCUT2D eigenvalue weighted by atomic mass is 16.1. The van der Waals surface area contributed by atoms with Crippen LogP contribution in [0.5, 0.6) is 0 Å². The molecular formula is C11H11N3O. The van der Waals surface area contributed by atoms with Crippen LogP contribution >= 0.6 is 0 Å². The molecule has 0 saturated carbocycles. The Kier molecular flexibility index (Phi) is 4.05. The van der Waals surface area contributed by atoms with Crippen molar-refractivity contribution in [2.45, 2.75) is 13.0 Å². The van der Waals surface area contributed by atoms with Crippen LogP contribution in [0.15, 0.2) is 36.7 Å². The van der Waals surface area contributed by atoms with Crippen molar-refractivity contribution < 1.29 is 4.79 Å². The lowest BCUT2D eigenvalue weighted by Crippen LogP contribution is -2.32. The smallest absolute Gasteiger partial charge is 0.254 e. The highest BCUT2D eigenvalue weighted by Gasteiger charge is 2.09. The quantitative estimate of drug-likeness (QED) is 0.749. The van der Waals surface area contributed by atoms with Gasteiger partial charge < -0.3 is 5.32 Å². The lowest BCUT2D eigenvalue weighted by Gasteiger charge is -2.06. The first-order chi connectivity index (χ1) is 7.27. The van der Waals surface area contributed by atoms with Crippen molar-refractivity contribution in [3.8, 4) is 6.07 Å². The molecule has 1 aromatic rings. The number of pyridine rings is 1. The Balaban J connectivity index is 2.68. The fourth-order valence-corrected chi connectivity index (χ4v) is 1.04. The second-order valence-electron chi connectivity index (χ2n) is 2.85. The van der Waals surface area contributed by atoms with E-state index >= 15 is 0 Å². The Bertz CT molecular complexity index is 392. The van der Waals surface area contributed by atoms with Gasteiger partial charge in [-0.2, -0.15) is 5.26 Å². The number of carbonyl (C=O) groups is 1. The Morgan fingerprint density at radius 1 is 1.73 bits per heavy atom. The van der Waals surface area contributed by atoms with E-state index in [1.807, 2.05) is 6.07 Å². The van der Waals surface area contributed by atoms with Crippen LogP contribution in [-0.4, -0.2) is 16.9 Å². The number of carbonyl (C=O) groups excluding carboxylic acids is 1. The minimum Gasteiger partial charge on any atom is -0.333 e. The molecule has 0 fully saturated rings. The predicted octanol–water partition coefficient (Wildman–Crippen LogP) is 1.28. The van der Waals surface area contributed by atoms with Gasteiger partial charge in [0.1, 0.15) is 6.04 Å². The first kappa shape index (κ1) is 10.9. The van der Waals surface area contributed by atoms with Gasteiger partial charge in [-0.15, -0.1) is 0 Å². The van der Waals surface area contributed by atoms with E-state index in [1.54, 1.807) is 37.4 Å². The summed E-state index contributed by atoms with van der Waals surface area (Å²) in [4.78, 5) is 15.4. The molecule has 1 unspecified atom stereocenters. The Hall–Kier alpha value is -2.15. The minimum absolute atomic E-state index is 0.298. The summed E-state index contributed by atoms with van der Waals surface area (Å²) in [6, 6.07) is 4.69. The molecule has 15 heavy (non-hydrogen) atoms. The van der Waals surface area contributed by atoms with E-state index in [2.05, 4.69) is 10.3 Å². The normalized spacial score (nSPS) is 12.0. The Morgan fingerprint density at radius 2 is 2.53 bits per heavy atom. The van der Waals surface area contributed by atoms with E-state index in [0.29, 0.717) is 5.56 Å². The summed E-state index contributed by atoms with van der Waals surface area (Å²) in [6.07, 6.45) is 6.38. The van der Waals surface area contributed by atoms with E-state index in [4.69, 9.17) is 5.26 Å². The molecule has 76 valence electrons. The van der Waals surface area contributed by atoms with Crippen LogP contribution < -0.4 is 5.32 Å². The number of nitriles is 1. The van der Waals surface area contributed by atoms with Gasteiger partial charge in [0.25, 0.3) is 5.91 Å². The van der Waals surface area contributed by atoms with E-state index in [9.17, 15) is 4.79 Å². The van der Waals surface area contributed by atoms with Crippen LogP contribution in [0.2, 0.25) is 0 Å². The maximum Gasteiger partial charge on any atom is 0.254 e. The summed E-state index contributed by atoms with van der Waals surface area (Å²) < 4.78 is 0. The number of nitrogens with one attached hydrogen (secondary N) is 1. The average Bonchev–Trinajstić information content (AvgIpc) is 2.29. The number of hydrogen-bond acceptors (Lipinski definition) is 3. The Morgan fingerprint density at radius 3 is 3.07 bits per heavy atom. The van der Waals surface area contributed by atoms with Crippen molar-refractivity contribution in [3.63, 3.8) is 0 Å². The molecule has 1 N–H and O–H groups in total. The molecule has 0 aliphatic carbocycles. The number of nitrogens with zero attached hydrogens (tertiary/aromatic N) is 2. The summed E-state index contributed by atoms with van der Waals surface area (Å²) in [5.74, 6) is -0.298. The molecule has 0 aliphatic heterocycles. The topological polar surface area (TPSA) is 65.8 Å². The highest BCUT2D eigenvalue weighted by Crippen LogP contribution is 1.96. The molecule has 1 rings (SSSR count). The van der Waals surface area contributed by atoms with Gasteiger partial charge in [0.2, 0.25) is 0 Å². The third kappa shape index (κ3) is 3.24. The fraction of sp³-hybridized carbons (Fsp3) is 0.182. The van der Waals surface area contributed by atoms with Crippen LogP contribution in [0, 0.1) is 11.3 Å². The fourth-order valence-electron chi connectivity index (χ4n) is 1.04. The van der Waals surface area contributed by atoms with E-state index < -0.39 is 6.04 Å². The Labute approximate surface area is 88.3 Å². The number of amides is 1. The third-order valence-corrected chi connectivity index (χ3v) is 1.73.